The molecule has 0 bridgehead atoms. The quantitative estimate of drug-likeness (QED) is 0.304. The van der Waals surface area contributed by atoms with E-state index in [4.69, 9.17) is 15.2 Å². The molecule has 32 heavy (non-hydrogen) atoms. The van der Waals surface area contributed by atoms with Crippen LogP contribution in [0, 0.1) is 0 Å². The Morgan fingerprint density at radius 3 is 2.69 bits per heavy atom. The van der Waals surface area contributed by atoms with Crippen molar-refractivity contribution in [1.29, 1.82) is 0 Å². The predicted octanol–water partition coefficient (Wildman–Crippen LogP) is 1.29. The fourth-order valence-electron chi connectivity index (χ4n) is 3.02. The summed E-state index contributed by atoms with van der Waals surface area (Å²) in [5.74, 6) is 0.399. The number of hydrogen-bond donors (Lipinski definition) is 1. The number of carbonyl (C=O) groups excluding carboxylic acids is 1. The lowest BCUT2D eigenvalue weighted by Gasteiger charge is -2.09. The minimum atomic E-state index is -0.607. The Labute approximate surface area is 182 Å². The molecule has 4 aromatic rings. The van der Waals surface area contributed by atoms with Crippen molar-refractivity contribution in [2.75, 3.05) is 18.9 Å². The number of nitrogens with zero attached hydrogens (tertiary/aromatic N) is 6. The van der Waals surface area contributed by atoms with Gasteiger partial charge in [-0.15, -0.1) is 0 Å². The van der Waals surface area contributed by atoms with Gasteiger partial charge in [-0.2, -0.15) is 5.10 Å². The predicted molar refractivity (Wildman–Crippen MR) is 115 cm³/mol. The standard InChI is InChI=1S/C21H21N7O4/c22-19-18-20(24-13-23-19)27(14-25-18)9-4-11-32-21(30)16-7-8-17(29)28(26-16)10-12-31-15-5-2-1-3-6-15/h1-3,5-8,13-14H,4,9-12H2,(H2,22,23,24). The minimum absolute atomic E-state index is 0.0536. The zero-order valence-electron chi connectivity index (χ0n) is 17.1. The maximum atomic E-state index is 12.3. The van der Waals surface area contributed by atoms with Crippen LogP contribution in [0.2, 0.25) is 0 Å². The molecule has 0 radical (unpaired) electrons. The summed E-state index contributed by atoms with van der Waals surface area (Å²) in [5, 5.41) is 4.09. The molecule has 0 fully saturated rings. The largest absolute Gasteiger partial charge is 0.492 e. The van der Waals surface area contributed by atoms with E-state index in [9.17, 15) is 9.59 Å². The molecule has 0 saturated carbocycles. The summed E-state index contributed by atoms with van der Waals surface area (Å²) >= 11 is 0. The third kappa shape index (κ3) is 4.89. The highest BCUT2D eigenvalue weighted by atomic mass is 16.5. The van der Waals surface area contributed by atoms with Gasteiger partial charge in [0, 0.05) is 12.6 Å². The SMILES string of the molecule is Nc1ncnc2c1ncn2CCCOC(=O)c1ccc(=O)n(CCOc2ccccc2)n1. The number of para-hydroxylation sites is 1. The van der Waals surface area contributed by atoms with Gasteiger partial charge in [0.15, 0.2) is 17.2 Å². The summed E-state index contributed by atoms with van der Waals surface area (Å²) in [5.41, 5.74) is 6.66. The molecule has 0 aliphatic carbocycles. The van der Waals surface area contributed by atoms with Crippen molar-refractivity contribution in [1.82, 2.24) is 29.3 Å². The van der Waals surface area contributed by atoms with Crippen LogP contribution in [-0.4, -0.2) is 48.5 Å². The van der Waals surface area contributed by atoms with E-state index < -0.39 is 5.97 Å². The number of fused-ring (bicyclic) bond motifs is 1. The molecule has 0 amide bonds. The van der Waals surface area contributed by atoms with Crippen molar-refractivity contribution in [3.8, 4) is 5.75 Å². The summed E-state index contributed by atoms with van der Waals surface area (Å²) < 4.78 is 13.9. The first-order valence-corrected chi connectivity index (χ1v) is 9.96. The Bertz CT molecular complexity index is 1270. The molecule has 0 aliphatic rings. The summed E-state index contributed by atoms with van der Waals surface area (Å²) in [6.07, 6.45) is 3.53. The molecule has 3 heterocycles. The van der Waals surface area contributed by atoms with Crippen LogP contribution in [0.15, 0.2) is 59.9 Å². The maximum Gasteiger partial charge on any atom is 0.358 e. The summed E-state index contributed by atoms with van der Waals surface area (Å²) in [7, 11) is 0. The lowest BCUT2D eigenvalue weighted by Crippen LogP contribution is -2.27. The molecule has 0 saturated heterocycles. The molecule has 1 aromatic carbocycles. The number of imidazole rings is 1. The average molecular weight is 435 g/mol. The molecule has 11 heteroatoms. The van der Waals surface area contributed by atoms with Crippen LogP contribution in [0.4, 0.5) is 5.82 Å². The molecule has 11 nitrogen and oxygen atoms in total. The highest BCUT2D eigenvalue weighted by Crippen LogP contribution is 2.14. The van der Waals surface area contributed by atoms with Gasteiger partial charge in [-0.3, -0.25) is 4.79 Å². The van der Waals surface area contributed by atoms with Gasteiger partial charge in [0.2, 0.25) is 0 Å². The monoisotopic (exact) mass is 435 g/mol. The Hall–Kier alpha value is -4.28. The Morgan fingerprint density at radius 2 is 1.84 bits per heavy atom. The maximum absolute atomic E-state index is 12.3. The van der Waals surface area contributed by atoms with Gasteiger partial charge < -0.3 is 19.8 Å². The molecule has 0 atom stereocenters. The Balaban J connectivity index is 1.28. The third-order valence-electron chi connectivity index (χ3n) is 4.60. The first-order chi connectivity index (χ1) is 15.6. The second kappa shape index (κ2) is 9.69. The van der Waals surface area contributed by atoms with Crippen molar-refractivity contribution in [2.24, 2.45) is 0 Å². The van der Waals surface area contributed by atoms with Gasteiger partial charge in [-0.05, 0) is 24.6 Å². The van der Waals surface area contributed by atoms with Crippen LogP contribution in [-0.2, 0) is 17.8 Å². The molecule has 2 N–H and O–H groups in total. The average Bonchev–Trinajstić information content (AvgIpc) is 3.23. The number of aryl methyl sites for hydroxylation is 1. The number of rotatable bonds is 9. The minimum Gasteiger partial charge on any atom is -0.492 e. The molecular formula is C21H21N7O4. The van der Waals surface area contributed by atoms with Crippen molar-refractivity contribution in [3.05, 3.63) is 71.2 Å². The normalized spacial score (nSPS) is 10.9. The van der Waals surface area contributed by atoms with Gasteiger partial charge in [0.1, 0.15) is 24.2 Å². The van der Waals surface area contributed by atoms with E-state index in [1.165, 1.54) is 23.1 Å². The molecular weight excluding hydrogens is 414 g/mol. The smallest absolute Gasteiger partial charge is 0.358 e. The lowest BCUT2D eigenvalue weighted by molar-refractivity contribution is 0.0485. The number of hydrogen-bond acceptors (Lipinski definition) is 9. The summed E-state index contributed by atoms with van der Waals surface area (Å²) in [4.78, 5) is 36.6. The highest BCUT2D eigenvalue weighted by molar-refractivity contribution is 5.86. The van der Waals surface area contributed by atoms with E-state index in [2.05, 4.69) is 20.1 Å². The van der Waals surface area contributed by atoms with E-state index >= 15 is 0 Å². The number of carbonyl (C=O) groups is 1. The molecule has 0 unspecified atom stereocenters. The Morgan fingerprint density at radius 1 is 1.00 bits per heavy atom. The number of benzene rings is 1. The molecule has 0 aliphatic heterocycles. The zero-order valence-corrected chi connectivity index (χ0v) is 17.1. The number of nitrogens with two attached hydrogens (primary N) is 1. The van der Waals surface area contributed by atoms with Crippen LogP contribution in [0.3, 0.4) is 0 Å². The van der Waals surface area contributed by atoms with E-state index in [1.54, 1.807) is 6.33 Å². The number of aromatic nitrogens is 6. The van der Waals surface area contributed by atoms with Crippen molar-refractivity contribution in [2.45, 2.75) is 19.5 Å². The van der Waals surface area contributed by atoms with Crippen molar-refractivity contribution in [3.63, 3.8) is 0 Å². The number of nitrogen functional groups attached to an aromatic ring is 1. The van der Waals surface area contributed by atoms with E-state index in [-0.39, 0.29) is 31.0 Å². The number of esters is 1. The van der Waals surface area contributed by atoms with Crippen LogP contribution >= 0.6 is 0 Å². The van der Waals surface area contributed by atoms with E-state index in [0.29, 0.717) is 35.7 Å². The number of ether oxygens (including phenoxy) is 2. The first kappa shape index (κ1) is 21.0. The lowest BCUT2D eigenvalue weighted by atomic mass is 10.3. The fraction of sp³-hybridized carbons (Fsp3) is 0.238. The highest BCUT2D eigenvalue weighted by Gasteiger charge is 2.12. The second-order valence-corrected chi connectivity index (χ2v) is 6.80. The summed E-state index contributed by atoms with van der Waals surface area (Å²) in [6, 6.07) is 11.9. The third-order valence-corrected chi connectivity index (χ3v) is 4.60. The van der Waals surface area contributed by atoms with Gasteiger partial charge in [0.25, 0.3) is 5.56 Å². The molecule has 4 rings (SSSR count). The van der Waals surface area contributed by atoms with Crippen molar-refractivity contribution >= 4 is 23.0 Å². The summed E-state index contributed by atoms with van der Waals surface area (Å²) in [6.45, 7) is 1.14. The van der Waals surface area contributed by atoms with Gasteiger partial charge in [-0.1, -0.05) is 18.2 Å². The number of anilines is 1. The Kier molecular flexibility index (Phi) is 6.35. The molecule has 3 aromatic heterocycles. The van der Waals surface area contributed by atoms with Crippen LogP contribution in [0.5, 0.6) is 5.75 Å². The van der Waals surface area contributed by atoms with Crippen molar-refractivity contribution < 1.29 is 14.3 Å². The second-order valence-electron chi connectivity index (χ2n) is 6.80. The van der Waals surface area contributed by atoms with Crippen LogP contribution in [0.1, 0.15) is 16.9 Å². The molecule has 0 spiro atoms. The van der Waals surface area contributed by atoms with E-state index in [1.807, 2.05) is 34.9 Å². The van der Waals surface area contributed by atoms with Gasteiger partial charge >= 0.3 is 5.97 Å². The molecule has 164 valence electrons. The van der Waals surface area contributed by atoms with Crippen LogP contribution < -0.4 is 16.0 Å². The van der Waals surface area contributed by atoms with E-state index in [0.717, 1.165) is 0 Å². The van der Waals surface area contributed by atoms with Gasteiger partial charge in [-0.25, -0.2) is 24.4 Å². The van der Waals surface area contributed by atoms with Crippen LogP contribution in [0.25, 0.3) is 11.2 Å². The zero-order chi connectivity index (χ0) is 22.3. The van der Waals surface area contributed by atoms with Gasteiger partial charge in [0.05, 0.1) is 19.5 Å². The first-order valence-electron chi connectivity index (χ1n) is 9.96. The fourth-order valence-corrected chi connectivity index (χ4v) is 3.02. The topological polar surface area (TPSA) is 140 Å².